The van der Waals surface area contributed by atoms with Crippen molar-refractivity contribution in [3.63, 3.8) is 0 Å². The Labute approximate surface area is 164 Å². The number of rotatable bonds is 7. The summed E-state index contributed by atoms with van der Waals surface area (Å²) in [5.41, 5.74) is 2.64. The summed E-state index contributed by atoms with van der Waals surface area (Å²) in [6.07, 6.45) is 5.32. The zero-order chi connectivity index (χ0) is 20.1. The molecule has 0 aliphatic carbocycles. The predicted molar refractivity (Wildman–Crippen MR) is 109 cm³/mol. The molecule has 146 valence electrons. The van der Waals surface area contributed by atoms with Crippen LogP contribution in [-0.4, -0.2) is 37.7 Å². The van der Waals surface area contributed by atoms with Crippen molar-refractivity contribution in [1.82, 2.24) is 19.9 Å². The average Bonchev–Trinajstić information content (AvgIpc) is 3.09. The van der Waals surface area contributed by atoms with Crippen LogP contribution in [0.3, 0.4) is 0 Å². The highest BCUT2D eigenvalue weighted by atomic mass is 16.3. The number of benzene rings is 1. The summed E-state index contributed by atoms with van der Waals surface area (Å²) in [6.45, 7) is 4.05. The summed E-state index contributed by atoms with van der Waals surface area (Å²) in [5.74, 6) is 0.307. The van der Waals surface area contributed by atoms with E-state index in [2.05, 4.69) is 20.6 Å². The third-order valence-corrected chi connectivity index (χ3v) is 4.36. The molecule has 0 radical (unpaired) electrons. The molecule has 0 fully saturated rings. The van der Waals surface area contributed by atoms with Crippen molar-refractivity contribution in [2.45, 2.75) is 25.9 Å². The van der Waals surface area contributed by atoms with Crippen LogP contribution in [0.5, 0.6) is 0 Å². The molecule has 2 aromatic heterocycles. The fraction of sp³-hybridized carbons (Fsp3) is 0.286. The van der Waals surface area contributed by atoms with E-state index in [0.717, 1.165) is 16.7 Å². The van der Waals surface area contributed by atoms with Gasteiger partial charge in [0.2, 0.25) is 5.95 Å². The molecule has 3 aromatic rings. The van der Waals surface area contributed by atoms with Gasteiger partial charge in [-0.25, -0.2) is 9.97 Å². The standard InChI is InChI=1S/C21H25N5O2/c1-21(2,14-27)25-19(28)18-9-16(13-26(18)3)17-11-23-20(24-12-17)22-10-15-7-5-4-6-8-15/h4-9,11-13,27H,10,14H2,1-3H3,(H,25,28)(H,22,23,24). The van der Waals surface area contributed by atoms with Gasteiger partial charge in [-0.1, -0.05) is 30.3 Å². The van der Waals surface area contributed by atoms with E-state index in [4.69, 9.17) is 0 Å². The predicted octanol–water partition coefficient (Wildman–Crippen LogP) is 2.59. The monoisotopic (exact) mass is 379 g/mol. The molecule has 1 amide bonds. The van der Waals surface area contributed by atoms with Crippen molar-refractivity contribution in [1.29, 1.82) is 0 Å². The Morgan fingerprint density at radius 3 is 2.46 bits per heavy atom. The van der Waals surface area contributed by atoms with Crippen molar-refractivity contribution in [3.05, 3.63) is 66.2 Å². The normalized spacial score (nSPS) is 11.3. The number of hydrogen-bond acceptors (Lipinski definition) is 5. The topological polar surface area (TPSA) is 92.1 Å². The second kappa shape index (κ2) is 8.22. The SMILES string of the molecule is Cn1cc(-c2cnc(NCc3ccccc3)nc2)cc1C(=O)NC(C)(C)CO. The van der Waals surface area contributed by atoms with Gasteiger partial charge in [-0.15, -0.1) is 0 Å². The number of aryl methyl sites for hydroxylation is 1. The van der Waals surface area contributed by atoms with Crippen molar-refractivity contribution >= 4 is 11.9 Å². The zero-order valence-corrected chi connectivity index (χ0v) is 16.3. The third-order valence-electron chi connectivity index (χ3n) is 4.36. The van der Waals surface area contributed by atoms with E-state index in [0.29, 0.717) is 18.2 Å². The molecule has 0 aliphatic rings. The number of nitrogens with zero attached hydrogens (tertiary/aromatic N) is 3. The minimum absolute atomic E-state index is 0.138. The van der Waals surface area contributed by atoms with Crippen LogP contribution in [0.25, 0.3) is 11.1 Å². The fourth-order valence-electron chi connectivity index (χ4n) is 2.70. The van der Waals surface area contributed by atoms with Gasteiger partial charge in [-0.3, -0.25) is 4.79 Å². The Hall–Kier alpha value is -3.19. The van der Waals surface area contributed by atoms with E-state index in [9.17, 15) is 9.90 Å². The molecule has 0 spiro atoms. The summed E-state index contributed by atoms with van der Waals surface area (Å²) < 4.78 is 1.75. The summed E-state index contributed by atoms with van der Waals surface area (Å²) in [4.78, 5) is 21.2. The Bertz CT molecular complexity index is 933. The maximum Gasteiger partial charge on any atom is 0.268 e. The fourth-order valence-corrected chi connectivity index (χ4v) is 2.70. The number of carbonyl (C=O) groups is 1. The first-order chi connectivity index (χ1) is 13.4. The summed E-state index contributed by atoms with van der Waals surface area (Å²) >= 11 is 0. The van der Waals surface area contributed by atoms with Crippen LogP contribution in [0.2, 0.25) is 0 Å². The molecule has 0 aliphatic heterocycles. The molecule has 0 saturated carbocycles. The van der Waals surface area contributed by atoms with Gasteiger partial charge in [-0.2, -0.15) is 0 Å². The molecule has 7 heteroatoms. The van der Waals surface area contributed by atoms with Crippen LogP contribution < -0.4 is 10.6 Å². The largest absolute Gasteiger partial charge is 0.394 e. The van der Waals surface area contributed by atoms with E-state index in [1.807, 2.05) is 36.5 Å². The molecule has 1 aromatic carbocycles. The minimum Gasteiger partial charge on any atom is -0.394 e. The van der Waals surface area contributed by atoms with Crippen LogP contribution in [0, 0.1) is 0 Å². The Morgan fingerprint density at radius 1 is 1.14 bits per heavy atom. The quantitative estimate of drug-likeness (QED) is 0.587. The van der Waals surface area contributed by atoms with E-state index >= 15 is 0 Å². The summed E-state index contributed by atoms with van der Waals surface area (Å²) in [6, 6.07) is 11.8. The van der Waals surface area contributed by atoms with Crippen LogP contribution in [0.1, 0.15) is 29.9 Å². The van der Waals surface area contributed by atoms with E-state index < -0.39 is 5.54 Å². The molecule has 0 saturated heterocycles. The number of hydrogen-bond donors (Lipinski definition) is 3. The molecular weight excluding hydrogens is 354 g/mol. The number of nitrogens with one attached hydrogen (secondary N) is 2. The highest BCUT2D eigenvalue weighted by Gasteiger charge is 2.22. The Morgan fingerprint density at radius 2 is 1.82 bits per heavy atom. The van der Waals surface area contributed by atoms with Crippen molar-refractivity contribution in [3.8, 4) is 11.1 Å². The second-order valence-electron chi connectivity index (χ2n) is 7.36. The van der Waals surface area contributed by atoms with Gasteiger partial charge >= 0.3 is 0 Å². The first-order valence-electron chi connectivity index (χ1n) is 9.08. The van der Waals surface area contributed by atoms with Crippen LogP contribution in [-0.2, 0) is 13.6 Å². The van der Waals surface area contributed by atoms with E-state index in [1.54, 1.807) is 43.9 Å². The minimum atomic E-state index is -0.684. The lowest BCUT2D eigenvalue weighted by molar-refractivity contribution is 0.0861. The second-order valence-corrected chi connectivity index (χ2v) is 7.36. The van der Waals surface area contributed by atoms with Gasteiger partial charge in [0.15, 0.2) is 0 Å². The maximum absolute atomic E-state index is 12.5. The lowest BCUT2D eigenvalue weighted by Gasteiger charge is -2.23. The van der Waals surface area contributed by atoms with Gasteiger partial charge in [0.1, 0.15) is 5.69 Å². The summed E-state index contributed by atoms with van der Waals surface area (Å²) in [7, 11) is 1.81. The van der Waals surface area contributed by atoms with Crippen molar-refractivity contribution in [2.75, 3.05) is 11.9 Å². The van der Waals surface area contributed by atoms with Gasteiger partial charge in [-0.05, 0) is 25.5 Å². The number of aliphatic hydroxyl groups is 1. The summed E-state index contributed by atoms with van der Waals surface area (Å²) in [5, 5.41) is 15.4. The van der Waals surface area contributed by atoms with Crippen LogP contribution in [0.15, 0.2) is 55.0 Å². The van der Waals surface area contributed by atoms with E-state index in [1.165, 1.54) is 0 Å². The molecule has 7 nitrogen and oxygen atoms in total. The number of aliphatic hydroxyl groups excluding tert-OH is 1. The van der Waals surface area contributed by atoms with Gasteiger partial charge in [0.25, 0.3) is 5.91 Å². The average molecular weight is 379 g/mol. The highest BCUT2D eigenvalue weighted by molar-refractivity contribution is 5.94. The van der Waals surface area contributed by atoms with Gasteiger partial charge < -0.3 is 20.3 Å². The van der Waals surface area contributed by atoms with Crippen LogP contribution >= 0.6 is 0 Å². The molecule has 3 N–H and O–H groups in total. The molecule has 0 atom stereocenters. The van der Waals surface area contributed by atoms with Crippen molar-refractivity contribution in [2.24, 2.45) is 7.05 Å². The van der Waals surface area contributed by atoms with Gasteiger partial charge in [0, 0.05) is 43.3 Å². The smallest absolute Gasteiger partial charge is 0.268 e. The first kappa shape index (κ1) is 19.6. The highest BCUT2D eigenvalue weighted by Crippen LogP contribution is 2.21. The number of amides is 1. The molecular formula is C21H25N5O2. The molecule has 0 unspecified atom stereocenters. The lowest BCUT2D eigenvalue weighted by atomic mass is 10.1. The number of carbonyl (C=O) groups excluding carboxylic acids is 1. The number of anilines is 1. The van der Waals surface area contributed by atoms with Gasteiger partial charge in [0.05, 0.1) is 12.1 Å². The van der Waals surface area contributed by atoms with Crippen molar-refractivity contribution < 1.29 is 9.90 Å². The van der Waals surface area contributed by atoms with E-state index in [-0.39, 0.29) is 12.5 Å². The molecule has 3 rings (SSSR count). The zero-order valence-electron chi connectivity index (χ0n) is 16.3. The number of aromatic nitrogens is 3. The molecule has 2 heterocycles. The Balaban J connectivity index is 1.69. The molecule has 28 heavy (non-hydrogen) atoms. The third kappa shape index (κ3) is 4.75. The maximum atomic E-state index is 12.5. The molecule has 0 bridgehead atoms. The Kier molecular flexibility index (Phi) is 5.75. The lowest BCUT2D eigenvalue weighted by Crippen LogP contribution is -2.46. The van der Waals surface area contributed by atoms with Crippen LogP contribution in [0.4, 0.5) is 5.95 Å². The first-order valence-corrected chi connectivity index (χ1v) is 9.08.